The van der Waals surface area contributed by atoms with Crippen LogP contribution in [0.25, 0.3) is 0 Å². The topological polar surface area (TPSA) is 0 Å². The predicted molar refractivity (Wildman–Crippen MR) is 49.9 cm³/mol. The van der Waals surface area contributed by atoms with E-state index >= 15 is 0 Å². The van der Waals surface area contributed by atoms with Crippen molar-refractivity contribution in [2.24, 2.45) is 0 Å². The fourth-order valence-corrected chi connectivity index (χ4v) is 12.0. The average molecular weight is 240 g/mol. The van der Waals surface area contributed by atoms with Crippen LogP contribution in [-0.2, 0) is 0 Å². The summed E-state index contributed by atoms with van der Waals surface area (Å²) >= 11 is 22.7. The van der Waals surface area contributed by atoms with Gasteiger partial charge in [0, 0.05) is 5.67 Å². The van der Waals surface area contributed by atoms with Gasteiger partial charge in [-0.05, 0) is 13.1 Å². The summed E-state index contributed by atoms with van der Waals surface area (Å²) in [6.45, 7) is -1.17. The maximum atomic E-state index is 5.68. The van der Waals surface area contributed by atoms with Crippen molar-refractivity contribution in [3.63, 3.8) is 0 Å². The van der Waals surface area contributed by atoms with Gasteiger partial charge in [-0.15, -0.1) is 44.3 Å². The molecule has 0 saturated heterocycles. The first-order valence-electron chi connectivity index (χ1n) is 2.26. The summed E-state index contributed by atoms with van der Waals surface area (Å²) in [6.07, 6.45) is 0. The first-order valence-corrected chi connectivity index (χ1v) is 11.3. The second kappa shape index (κ2) is 3.33. The minimum Gasteiger partial charge on any atom is -0.146 e. The van der Waals surface area contributed by atoms with Crippen molar-refractivity contribution in [1.29, 1.82) is 0 Å². The molecule has 0 fully saturated rings. The molecule has 0 spiro atoms. The molecule has 0 amide bonds. The Morgan fingerprint density at radius 1 is 0.889 bits per heavy atom. The Labute approximate surface area is 76.3 Å². The first kappa shape index (κ1) is 10.6. The summed E-state index contributed by atoms with van der Waals surface area (Å²) in [5, 5.41) is 0. The Bertz CT molecular complexity index is 79.0. The zero-order valence-corrected chi connectivity index (χ0v) is 10.0. The van der Waals surface area contributed by atoms with E-state index in [1.54, 1.807) is 13.1 Å². The largest absolute Gasteiger partial charge is 0.254 e. The van der Waals surface area contributed by atoms with Gasteiger partial charge in [-0.3, -0.25) is 0 Å². The second-order valence-electron chi connectivity index (χ2n) is 1.90. The fraction of sp³-hybridized carbons (Fsp3) is 0.667. The van der Waals surface area contributed by atoms with Gasteiger partial charge in [0.15, 0.2) is 0 Å². The molecule has 54 valence electrons. The molecular formula is C3H6Cl4Si2. The van der Waals surface area contributed by atoms with E-state index in [4.69, 9.17) is 44.3 Å². The van der Waals surface area contributed by atoms with E-state index < -0.39 is 13.4 Å². The van der Waals surface area contributed by atoms with Crippen LogP contribution in [0.3, 0.4) is 0 Å². The molecule has 6 heteroatoms. The minimum absolute atomic E-state index is 1.71. The van der Waals surface area contributed by atoms with Gasteiger partial charge < -0.3 is 0 Å². The fourth-order valence-electron chi connectivity index (χ4n) is 0.385. The monoisotopic (exact) mass is 238 g/mol. The highest BCUT2D eigenvalue weighted by Gasteiger charge is 2.35. The van der Waals surface area contributed by atoms with E-state index in [2.05, 4.69) is 5.67 Å². The first-order chi connectivity index (χ1) is 3.71. The van der Waals surface area contributed by atoms with Crippen molar-refractivity contribution in [3.05, 3.63) is 5.67 Å². The standard InChI is InChI=1S/C3H6Cl4Si2/c1-8(4,5)3-9(2,6)7/h1-2H3. The molecule has 0 aliphatic carbocycles. The molecule has 0 rings (SSSR count). The van der Waals surface area contributed by atoms with Crippen LogP contribution < -0.4 is 0 Å². The van der Waals surface area contributed by atoms with Crippen molar-refractivity contribution in [2.75, 3.05) is 0 Å². The normalized spacial score (nSPS) is 14.0. The number of hydrogen-bond acceptors (Lipinski definition) is 0. The molecule has 0 atom stereocenters. The summed E-state index contributed by atoms with van der Waals surface area (Å²) in [5.74, 6) is 0. The van der Waals surface area contributed by atoms with Crippen molar-refractivity contribution in [2.45, 2.75) is 13.1 Å². The Hall–Kier alpha value is 1.59. The summed E-state index contributed by atoms with van der Waals surface area (Å²) in [5.41, 5.74) is 2.80. The van der Waals surface area contributed by atoms with Gasteiger partial charge in [0.2, 0.25) is 0 Å². The quantitative estimate of drug-likeness (QED) is 0.513. The van der Waals surface area contributed by atoms with Crippen LogP contribution in [0.15, 0.2) is 0 Å². The van der Waals surface area contributed by atoms with E-state index in [0.29, 0.717) is 0 Å². The van der Waals surface area contributed by atoms with Gasteiger partial charge in [0.05, 0.1) is 0 Å². The summed E-state index contributed by atoms with van der Waals surface area (Å²) in [7, 11) is 0. The smallest absolute Gasteiger partial charge is 0.146 e. The highest BCUT2D eigenvalue weighted by molar-refractivity contribution is 7.58. The maximum absolute atomic E-state index is 5.68. The third kappa shape index (κ3) is 9.59. The maximum Gasteiger partial charge on any atom is 0.254 e. The van der Waals surface area contributed by atoms with Gasteiger partial charge in [-0.1, -0.05) is 0 Å². The molecule has 0 nitrogen and oxygen atoms in total. The molecule has 0 heterocycles. The van der Waals surface area contributed by atoms with Gasteiger partial charge in [-0.25, -0.2) is 0 Å². The molecule has 0 aliphatic rings. The highest BCUT2D eigenvalue weighted by atomic mass is 35.7. The van der Waals surface area contributed by atoms with E-state index in [1.165, 1.54) is 0 Å². The van der Waals surface area contributed by atoms with E-state index in [-0.39, 0.29) is 0 Å². The summed E-state index contributed by atoms with van der Waals surface area (Å²) in [6, 6.07) is 0. The number of rotatable bonds is 2. The van der Waals surface area contributed by atoms with E-state index in [1.807, 2.05) is 0 Å². The highest BCUT2D eigenvalue weighted by Crippen LogP contribution is 2.28. The molecule has 0 N–H and O–H groups in total. The van der Waals surface area contributed by atoms with Crippen molar-refractivity contribution >= 4 is 57.7 Å². The third-order valence-electron chi connectivity index (χ3n) is 0.439. The molecule has 9 heavy (non-hydrogen) atoms. The molecule has 2 radical (unpaired) electrons. The van der Waals surface area contributed by atoms with Crippen LogP contribution in [0.5, 0.6) is 0 Å². The number of halogens is 4. The van der Waals surface area contributed by atoms with Crippen LogP contribution in [0, 0.1) is 5.67 Å². The van der Waals surface area contributed by atoms with E-state index in [0.717, 1.165) is 0 Å². The SMILES string of the molecule is C[Si](Cl)(Cl)[C][Si](C)(Cl)Cl. The number of hydrogen-bond donors (Lipinski definition) is 0. The van der Waals surface area contributed by atoms with Gasteiger partial charge >= 0.3 is 0 Å². The van der Waals surface area contributed by atoms with Gasteiger partial charge in [-0.2, -0.15) is 0 Å². The summed E-state index contributed by atoms with van der Waals surface area (Å²) < 4.78 is 0. The van der Waals surface area contributed by atoms with E-state index in [9.17, 15) is 0 Å². The third-order valence-corrected chi connectivity index (χ3v) is 7.35. The molecule has 0 aliphatic heterocycles. The molecule has 0 saturated carbocycles. The Balaban J connectivity index is 3.75. The Morgan fingerprint density at radius 2 is 1.11 bits per heavy atom. The molecule has 0 bridgehead atoms. The lowest BCUT2D eigenvalue weighted by atomic mass is 11.8. The molecule has 0 unspecified atom stereocenters. The second-order valence-corrected chi connectivity index (χ2v) is 16.7. The molecule has 0 aromatic carbocycles. The predicted octanol–water partition coefficient (Wildman–Crippen LogP) is 3.25. The van der Waals surface area contributed by atoms with Crippen molar-refractivity contribution in [1.82, 2.24) is 0 Å². The van der Waals surface area contributed by atoms with Crippen molar-refractivity contribution in [3.8, 4) is 0 Å². The summed E-state index contributed by atoms with van der Waals surface area (Å²) in [4.78, 5) is 0. The van der Waals surface area contributed by atoms with Gasteiger partial charge in [0.1, 0.15) is 0 Å². The average Bonchev–Trinajstić information content (AvgIpc) is 1.14. The van der Waals surface area contributed by atoms with Crippen LogP contribution >= 0.6 is 44.3 Å². The molecule has 0 aromatic rings. The van der Waals surface area contributed by atoms with Crippen LogP contribution in [0.4, 0.5) is 0 Å². The lowest BCUT2D eigenvalue weighted by molar-refractivity contribution is 2.04. The lowest BCUT2D eigenvalue weighted by Crippen LogP contribution is -2.29. The Morgan fingerprint density at radius 3 is 1.11 bits per heavy atom. The van der Waals surface area contributed by atoms with Crippen molar-refractivity contribution < 1.29 is 0 Å². The van der Waals surface area contributed by atoms with Crippen LogP contribution in [0.1, 0.15) is 0 Å². The van der Waals surface area contributed by atoms with Crippen LogP contribution in [-0.4, -0.2) is 13.4 Å². The minimum atomic E-state index is -2.30. The zero-order chi connectivity index (χ0) is 7.71. The zero-order valence-electron chi connectivity index (χ0n) is 5.01. The molecular weight excluding hydrogens is 234 g/mol. The Kier molecular flexibility index (Phi) is 3.92. The van der Waals surface area contributed by atoms with Gasteiger partial charge in [0.25, 0.3) is 13.4 Å². The van der Waals surface area contributed by atoms with Crippen LogP contribution in [0.2, 0.25) is 13.1 Å². The molecule has 0 aromatic heterocycles. The lowest BCUT2D eigenvalue weighted by Gasteiger charge is -2.14.